The van der Waals surface area contributed by atoms with Crippen molar-refractivity contribution < 1.29 is 4.74 Å². The van der Waals surface area contributed by atoms with E-state index in [0.717, 1.165) is 37.7 Å². The average Bonchev–Trinajstić information content (AvgIpc) is 3.16. The Morgan fingerprint density at radius 1 is 1.30 bits per heavy atom. The number of aryl methyl sites for hydroxylation is 2. The van der Waals surface area contributed by atoms with Gasteiger partial charge in [-0.05, 0) is 31.5 Å². The van der Waals surface area contributed by atoms with E-state index >= 15 is 0 Å². The number of ether oxygens (including phenoxy) is 1. The number of aromatic amines is 2. The first-order chi connectivity index (χ1) is 11.2. The van der Waals surface area contributed by atoms with Crippen LogP contribution in [0.3, 0.4) is 0 Å². The van der Waals surface area contributed by atoms with Crippen LogP contribution in [0.4, 0.5) is 0 Å². The molecule has 0 amide bonds. The zero-order chi connectivity index (χ0) is 15.8. The van der Waals surface area contributed by atoms with Crippen LogP contribution in [0, 0.1) is 13.8 Å². The standard InChI is InChI=1S/C18H22N4O/c1-12-18(13(2)21-20-12)17-11-23-9-8-22(17)10-14-4-3-5-16-15(14)6-7-19-16/h3-7,17,19H,8-11H2,1-2H3,(H,20,21). The van der Waals surface area contributed by atoms with Crippen LogP contribution in [-0.4, -0.2) is 39.8 Å². The van der Waals surface area contributed by atoms with Crippen LogP contribution in [0.15, 0.2) is 30.5 Å². The number of benzene rings is 1. The number of H-pyrrole nitrogens is 2. The Labute approximate surface area is 135 Å². The molecule has 5 heteroatoms. The number of aromatic nitrogens is 3. The first kappa shape index (κ1) is 14.5. The quantitative estimate of drug-likeness (QED) is 0.781. The van der Waals surface area contributed by atoms with Gasteiger partial charge in [-0.3, -0.25) is 10.00 Å². The van der Waals surface area contributed by atoms with Gasteiger partial charge < -0.3 is 9.72 Å². The largest absolute Gasteiger partial charge is 0.378 e. The van der Waals surface area contributed by atoms with E-state index in [-0.39, 0.29) is 6.04 Å². The minimum Gasteiger partial charge on any atom is -0.378 e. The first-order valence-electron chi connectivity index (χ1n) is 8.12. The number of rotatable bonds is 3. The van der Waals surface area contributed by atoms with Crippen LogP contribution < -0.4 is 0 Å². The number of nitrogens with zero attached hydrogens (tertiary/aromatic N) is 2. The van der Waals surface area contributed by atoms with E-state index in [1.165, 1.54) is 22.0 Å². The van der Waals surface area contributed by atoms with Gasteiger partial charge in [0.15, 0.2) is 0 Å². The third-order valence-electron chi connectivity index (χ3n) is 4.82. The predicted octanol–water partition coefficient (Wildman–Crippen LogP) is 3.08. The van der Waals surface area contributed by atoms with E-state index in [0.29, 0.717) is 0 Å². The minimum atomic E-state index is 0.261. The van der Waals surface area contributed by atoms with Gasteiger partial charge in [0.1, 0.15) is 0 Å². The van der Waals surface area contributed by atoms with Crippen molar-refractivity contribution in [3.63, 3.8) is 0 Å². The van der Waals surface area contributed by atoms with Gasteiger partial charge in [0.05, 0.1) is 24.9 Å². The Balaban J connectivity index is 1.67. The maximum absolute atomic E-state index is 5.77. The highest BCUT2D eigenvalue weighted by Gasteiger charge is 2.28. The fourth-order valence-corrected chi connectivity index (χ4v) is 3.65. The summed E-state index contributed by atoms with van der Waals surface area (Å²) in [6.07, 6.45) is 2.01. The van der Waals surface area contributed by atoms with Crippen molar-refractivity contribution >= 4 is 10.9 Å². The number of nitrogens with one attached hydrogen (secondary N) is 2. The molecule has 3 heterocycles. The van der Waals surface area contributed by atoms with Gasteiger partial charge in [-0.1, -0.05) is 12.1 Å². The Morgan fingerprint density at radius 3 is 3.04 bits per heavy atom. The maximum Gasteiger partial charge on any atom is 0.0665 e. The molecule has 4 rings (SSSR count). The van der Waals surface area contributed by atoms with Crippen LogP contribution in [-0.2, 0) is 11.3 Å². The third kappa shape index (κ3) is 2.56. The normalized spacial score (nSPS) is 19.5. The van der Waals surface area contributed by atoms with E-state index in [4.69, 9.17) is 4.74 Å². The summed E-state index contributed by atoms with van der Waals surface area (Å²) in [5, 5.41) is 8.77. The van der Waals surface area contributed by atoms with Crippen LogP contribution >= 0.6 is 0 Å². The maximum atomic E-state index is 5.77. The molecule has 1 atom stereocenters. The van der Waals surface area contributed by atoms with Gasteiger partial charge >= 0.3 is 0 Å². The van der Waals surface area contributed by atoms with Gasteiger partial charge in [0.25, 0.3) is 0 Å². The van der Waals surface area contributed by atoms with Crippen LogP contribution in [0.1, 0.15) is 28.6 Å². The van der Waals surface area contributed by atoms with E-state index in [1.54, 1.807) is 0 Å². The molecular formula is C18H22N4O. The molecule has 0 spiro atoms. The van der Waals surface area contributed by atoms with Gasteiger partial charge in [-0.15, -0.1) is 0 Å². The summed E-state index contributed by atoms with van der Waals surface area (Å²) in [7, 11) is 0. The number of hydrogen-bond acceptors (Lipinski definition) is 3. The van der Waals surface area contributed by atoms with Crippen molar-refractivity contribution in [1.82, 2.24) is 20.1 Å². The molecule has 0 aliphatic carbocycles. The molecule has 1 fully saturated rings. The number of morpholine rings is 1. The second-order valence-corrected chi connectivity index (χ2v) is 6.26. The molecule has 1 aliphatic heterocycles. The smallest absolute Gasteiger partial charge is 0.0665 e. The molecule has 1 saturated heterocycles. The summed E-state index contributed by atoms with van der Waals surface area (Å²) in [5.74, 6) is 0. The third-order valence-corrected chi connectivity index (χ3v) is 4.82. The SMILES string of the molecule is Cc1n[nH]c(C)c1C1COCCN1Cc1cccc2[nH]ccc12. The fourth-order valence-electron chi connectivity index (χ4n) is 3.65. The summed E-state index contributed by atoms with van der Waals surface area (Å²) >= 11 is 0. The Morgan fingerprint density at radius 2 is 2.22 bits per heavy atom. The molecule has 1 unspecified atom stereocenters. The fraction of sp³-hybridized carbons (Fsp3) is 0.389. The predicted molar refractivity (Wildman–Crippen MR) is 90.3 cm³/mol. The van der Waals surface area contributed by atoms with Gasteiger partial charge in [-0.2, -0.15) is 5.10 Å². The molecule has 0 saturated carbocycles. The summed E-state index contributed by atoms with van der Waals surface area (Å²) in [5.41, 5.74) is 6.05. The van der Waals surface area contributed by atoms with Crippen molar-refractivity contribution in [3.8, 4) is 0 Å². The highest BCUT2D eigenvalue weighted by molar-refractivity contribution is 5.82. The van der Waals surface area contributed by atoms with Crippen molar-refractivity contribution in [2.45, 2.75) is 26.4 Å². The average molecular weight is 310 g/mol. The second kappa shape index (κ2) is 5.83. The zero-order valence-electron chi connectivity index (χ0n) is 13.6. The zero-order valence-corrected chi connectivity index (χ0v) is 13.6. The van der Waals surface area contributed by atoms with Crippen LogP contribution in [0.25, 0.3) is 10.9 Å². The highest BCUT2D eigenvalue weighted by atomic mass is 16.5. The number of hydrogen-bond donors (Lipinski definition) is 2. The van der Waals surface area contributed by atoms with Crippen LogP contribution in [0.5, 0.6) is 0 Å². The van der Waals surface area contributed by atoms with Gasteiger partial charge in [-0.25, -0.2) is 0 Å². The van der Waals surface area contributed by atoms with Crippen molar-refractivity contribution in [2.75, 3.05) is 19.8 Å². The van der Waals surface area contributed by atoms with Gasteiger partial charge in [0, 0.05) is 41.4 Å². The monoisotopic (exact) mass is 310 g/mol. The van der Waals surface area contributed by atoms with Crippen molar-refractivity contribution in [3.05, 3.63) is 53.0 Å². The second-order valence-electron chi connectivity index (χ2n) is 6.26. The lowest BCUT2D eigenvalue weighted by Gasteiger charge is -2.36. The lowest BCUT2D eigenvalue weighted by Crippen LogP contribution is -2.39. The molecule has 1 aliphatic rings. The van der Waals surface area contributed by atoms with Crippen LogP contribution in [0.2, 0.25) is 0 Å². The molecule has 2 aromatic heterocycles. The highest BCUT2D eigenvalue weighted by Crippen LogP contribution is 2.30. The topological polar surface area (TPSA) is 56.9 Å². The molecule has 23 heavy (non-hydrogen) atoms. The lowest BCUT2D eigenvalue weighted by atomic mass is 10.0. The molecule has 2 N–H and O–H groups in total. The molecule has 0 bridgehead atoms. The van der Waals surface area contributed by atoms with Crippen molar-refractivity contribution in [1.29, 1.82) is 0 Å². The Kier molecular flexibility index (Phi) is 3.67. The molecule has 120 valence electrons. The van der Waals surface area contributed by atoms with E-state index < -0.39 is 0 Å². The first-order valence-corrected chi connectivity index (χ1v) is 8.12. The molecule has 1 aromatic carbocycles. The minimum absolute atomic E-state index is 0.261. The summed E-state index contributed by atoms with van der Waals surface area (Å²) < 4.78 is 5.77. The van der Waals surface area contributed by atoms with E-state index in [1.807, 2.05) is 6.20 Å². The summed E-state index contributed by atoms with van der Waals surface area (Å²) in [6.45, 7) is 7.54. The molecule has 3 aromatic rings. The van der Waals surface area contributed by atoms with Crippen molar-refractivity contribution in [2.24, 2.45) is 0 Å². The summed E-state index contributed by atoms with van der Waals surface area (Å²) in [6, 6.07) is 8.89. The Hall–Kier alpha value is -2.11. The van der Waals surface area contributed by atoms with Gasteiger partial charge in [0.2, 0.25) is 0 Å². The number of fused-ring (bicyclic) bond motifs is 1. The molecule has 5 nitrogen and oxygen atoms in total. The molecule has 0 radical (unpaired) electrons. The van der Waals surface area contributed by atoms with E-state index in [9.17, 15) is 0 Å². The summed E-state index contributed by atoms with van der Waals surface area (Å²) in [4.78, 5) is 5.81. The Bertz CT molecular complexity index is 800. The lowest BCUT2D eigenvalue weighted by molar-refractivity contribution is -0.0129. The van der Waals surface area contributed by atoms with E-state index in [2.05, 4.69) is 58.2 Å². The molecular weight excluding hydrogens is 288 g/mol.